The number of urea groups is 1. The first-order chi connectivity index (χ1) is 17.8. The van der Waals surface area contributed by atoms with Crippen LogP contribution in [-0.4, -0.2) is 27.2 Å². The second-order valence-electron chi connectivity index (χ2n) is 7.69. The summed E-state index contributed by atoms with van der Waals surface area (Å²) in [7, 11) is 0. The minimum atomic E-state index is -5.04. The van der Waals surface area contributed by atoms with Gasteiger partial charge in [-0.15, -0.1) is 0 Å². The summed E-state index contributed by atoms with van der Waals surface area (Å²) in [5, 5.41) is 15.3. The summed E-state index contributed by atoms with van der Waals surface area (Å²) < 4.78 is 78.1. The fourth-order valence-electron chi connectivity index (χ4n) is 3.28. The smallest absolute Gasteiger partial charge is 0.416 e. The van der Waals surface area contributed by atoms with Crippen molar-refractivity contribution in [3.05, 3.63) is 71.8 Å². The van der Waals surface area contributed by atoms with Gasteiger partial charge in [-0.05, 0) is 60.7 Å². The van der Waals surface area contributed by atoms with Crippen LogP contribution in [0, 0.1) is 0 Å². The van der Waals surface area contributed by atoms with Gasteiger partial charge in [0.05, 0.1) is 22.2 Å². The van der Waals surface area contributed by atoms with Gasteiger partial charge in [-0.3, -0.25) is 5.32 Å². The summed E-state index contributed by atoms with van der Waals surface area (Å²) in [6.45, 7) is 0. The second kappa shape index (κ2) is 10.2. The number of alkyl halides is 6. The maximum Gasteiger partial charge on any atom is 0.416 e. The number of aromatic amines is 1. The Hall–Kier alpha value is -4.40. The van der Waals surface area contributed by atoms with Crippen LogP contribution in [0.2, 0.25) is 0 Å². The van der Waals surface area contributed by atoms with Crippen LogP contribution >= 0.6 is 11.8 Å². The van der Waals surface area contributed by atoms with E-state index in [0.717, 1.165) is 9.79 Å². The Morgan fingerprint density at radius 1 is 0.763 bits per heavy atom. The average Bonchev–Trinajstić information content (AvgIpc) is 3.19. The third-order valence-corrected chi connectivity index (χ3v) is 5.87. The maximum absolute atomic E-state index is 13.0. The summed E-state index contributed by atoms with van der Waals surface area (Å²) in [4.78, 5) is 31.4. The third kappa shape index (κ3) is 6.67. The molecule has 8 nitrogen and oxygen atoms in total. The number of hydrogen-bond donors (Lipinski definition) is 5. The Balaban J connectivity index is 1.42. The molecule has 5 N–H and O–H groups in total. The number of nitrogens with one attached hydrogen (secondary N) is 4. The first kappa shape index (κ1) is 26.7. The summed E-state index contributed by atoms with van der Waals surface area (Å²) in [5.41, 5.74) is -2.39. The zero-order valence-electron chi connectivity index (χ0n) is 18.7. The predicted molar refractivity (Wildman–Crippen MR) is 127 cm³/mol. The van der Waals surface area contributed by atoms with Gasteiger partial charge >= 0.3 is 24.5 Å². The molecule has 0 saturated carbocycles. The number of carbonyl (C=O) groups is 2. The normalized spacial score (nSPS) is 11.8. The summed E-state index contributed by atoms with van der Waals surface area (Å²) in [6.07, 6.45) is -11.3. The molecule has 0 bridgehead atoms. The Morgan fingerprint density at radius 2 is 1.34 bits per heavy atom. The highest BCUT2D eigenvalue weighted by molar-refractivity contribution is 7.99. The number of fused-ring (bicyclic) bond motifs is 1. The molecule has 3 amide bonds. The molecule has 38 heavy (non-hydrogen) atoms. The minimum absolute atomic E-state index is 0.0323. The van der Waals surface area contributed by atoms with Crippen molar-refractivity contribution in [1.29, 1.82) is 0 Å². The van der Waals surface area contributed by atoms with Crippen LogP contribution in [0.4, 0.5) is 53.3 Å². The van der Waals surface area contributed by atoms with E-state index >= 15 is 0 Å². The number of imidazole rings is 1. The number of benzene rings is 3. The maximum atomic E-state index is 13.0. The van der Waals surface area contributed by atoms with Crippen molar-refractivity contribution in [2.75, 3.05) is 16.0 Å². The van der Waals surface area contributed by atoms with Gasteiger partial charge in [0.25, 0.3) is 0 Å². The Bertz CT molecular complexity index is 1470. The van der Waals surface area contributed by atoms with Crippen molar-refractivity contribution in [2.45, 2.75) is 22.1 Å². The minimum Gasteiger partial charge on any atom is -0.465 e. The van der Waals surface area contributed by atoms with Crippen molar-refractivity contribution in [1.82, 2.24) is 9.97 Å². The summed E-state index contributed by atoms with van der Waals surface area (Å²) in [6, 6.07) is 11.2. The van der Waals surface area contributed by atoms with Gasteiger partial charge in [0.2, 0.25) is 5.95 Å². The molecule has 1 heterocycles. The SMILES string of the molecule is O=C(O)Nc1nc2ccc(Sc3ccc(NC(=O)Nc4cc(C(F)(F)F)cc(C(F)(F)F)c4)cc3)cc2[nH]1. The molecule has 0 fully saturated rings. The van der Waals surface area contributed by atoms with Gasteiger partial charge in [-0.25, -0.2) is 14.6 Å². The molecular weight excluding hydrogens is 540 g/mol. The van der Waals surface area contributed by atoms with E-state index in [1.165, 1.54) is 23.9 Å². The Morgan fingerprint density at radius 3 is 1.92 bits per heavy atom. The highest BCUT2D eigenvalue weighted by Crippen LogP contribution is 2.37. The molecule has 1 aromatic heterocycles. The van der Waals surface area contributed by atoms with Crippen LogP contribution in [-0.2, 0) is 12.4 Å². The monoisotopic (exact) mass is 555 g/mol. The van der Waals surface area contributed by atoms with Crippen molar-refractivity contribution in [2.24, 2.45) is 0 Å². The molecule has 0 aliphatic rings. The lowest BCUT2D eigenvalue weighted by atomic mass is 10.1. The highest BCUT2D eigenvalue weighted by atomic mass is 32.2. The van der Waals surface area contributed by atoms with Crippen molar-refractivity contribution in [3.63, 3.8) is 0 Å². The first-order valence-electron chi connectivity index (χ1n) is 10.4. The largest absolute Gasteiger partial charge is 0.465 e. The number of carbonyl (C=O) groups excluding carboxylic acids is 1. The molecule has 15 heteroatoms. The lowest BCUT2D eigenvalue weighted by molar-refractivity contribution is -0.143. The number of nitrogens with zero attached hydrogens (tertiary/aromatic N) is 1. The van der Waals surface area contributed by atoms with E-state index in [0.29, 0.717) is 23.2 Å². The number of hydrogen-bond acceptors (Lipinski definition) is 4. The van der Waals surface area contributed by atoms with Crippen LogP contribution in [0.25, 0.3) is 11.0 Å². The van der Waals surface area contributed by atoms with Gasteiger partial charge in [0.15, 0.2) is 0 Å². The molecule has 0 atom stereocenters. The fourth-order valence-corrected chi connectivity index (χ4v) is 4.13. The van der Waals surface area contributed by atoms with Gasteiger partial charge in [-0.2, -0.15) is 26.3 Å². The molecule has 198 valence electrons. The van der Waals surface area contributed by atoms with Gasteiger partial charge in [-0.1, -0.05) is 11.8 Å². The van der Waals surface area contributed by atoms with E-state index in [1.54, 1.807) is 30.3 Å². The number of aromatic nitrogens is 2. The molecule has 0 saturated heterocycles. The lowest BCUT2D eigenvalue weighted by Crippen LogP contribution is -2.20. The molecule has 0 unspecified atom stereocenters. The second-order valence-corrected chi connectivity index (χ2v) is 8.84. The molecule has 0 spiro atoms. The number of halogens is 6. The van der Waals surface area contributed by atoms with E-state index < -0.39 is 41.3 Å². The van der Waals surface area contributed by atoms with Gasteiger partial charge in [0.1, 0.15) is 0 Å². The van der Waals surface area contributed by atoms with E-state index in [4.69, 9.17) is 5.11 Å². The fraction of sp³-hybridized carbons (Fsp3) is 0.0870. The van der Waals surface area contributed by atoms with Crippen LogP contribution in [0.15, 0.2) is 70.5 Å². The zero-order chi connectivity index (χ0) is 27.7. The molecule has 4 aromatic rings. The van der Waals surface area contributed by atoms with E-state index in [9.17, 15) is 35.9 Å². The molecule has 0 aliphatic heterocycles. The topological polar surface area (TPSA) is 119 Å². The molecule has 3 aromatic carbocycles. The van der Waals surface area contributed by atoms with Gasteiger partial charge < -0.3 is 20.7 Å². The highest BCUT2D eigenvalue weighted by Gasteiger charge is 2.37. The standard InChI is InChI=1S/C23H15F6N5O3S/c24-22(25,26)11-7-12(23(27,28)29)9-14(8-11)31-20(35)30-13-1-3-15(4-2-13)38-16-5-6-17-18(10-16)33-19(32-17)34-21(36)37/h1-10H,(H,36,37)(H2,30,31,35)(H2,32,33,34). The quantitative estimate of drug-likeness (QED) is 0.164. The van der Waals surface area contributed by atoms with E-state index in [-0.39, 0.29) is 17.7 Å². The van der Waals surface area contributed by atoms with Crippen LogP contribution in [0.5, 0.6) is 0 Å². The van der Waals surface area contributed by atoms with Crippen molar-refractivity contribution >= 4 is 52.2 Å². The predicted octanol–water partition coefficient (Wildman–Crippen LogP) is 7.49. The first-order valence-corrected chi connectivity index (χ1v) is 11.2. The van der Waals surface area contributed by atoms with E-state index in [2.05, 4.69) is 20.6 Å². The van der Waals surface area contributed by atoms with Crippen LogP contribution < -0.4 is 16.0 Å². The number of H-pyrrole nitrogens is 1. The number of rotatable bonds is 5. The number of carboxylic acid groups (broad SMARTS) is 1. The van der Waals surface area contributed by atoms with Crippen LogP contribution in [0.1, 0.15) is 11.1 Å². The summed E-state index contributed by atoms with van der Waals surface area (Å²) >= 11 is 1.34. The number of anilines is 3. The van der Waals surface area contributed by atoms with Crippen molar-refractivity contribution in [3.8, 4) is 0 Å². The Labute approximate surface area is 213 Å². The van der Waals surface area contributed by atoms with Gasteiger partial charge in [0, 0.05) is 21.2 Å². The number of amides is 3. The van der Waals surface area contributed by atoms with E-state index in [1.807, 2.05) is 5.32 Å². The molecule has 4 rings (SSSR count). The summed E-state index contributed by atoms with van der Waals surface area (Å²) in [5.74, 6) is 0.0723. The molecule has 0 radical (unpaired) electrons. The zero-order valence-corrected chi connectivity index (χ0v) is 19.5. The third-order valence-electron chi connectivity index (χ3n) is 4.87. The Kier molecular flexibility index (Phi) is 7.13. The molecular formula is C23H15F6N5O3S. The van der Waals surface area contributed by atoms with Crippen molar-refractivity contribution < 1.29 is 41.0 Å². The average molecular weight is 555 g/mol. The molecule has 0 aliphatic carbocycles. The van der Waals surface area contributed by atoms with Crippen LogP contribution in [0.3, 0.4) is 0 Å². The lowest BCUT2D eigenvalue weighted by Gasteiger charge is -2.15.